The highest BCUT2D eigenvalue weighted by Gasteiger charge is 2.17. The first-order valence-corrected chi connectivity index (χ1v) is 6.39. The number of carbonyl (C=O) groups is 1. The molecule has 1 aromatic rings. The zero-order valence-electron chi connectivity index (χ0n) is 10.6. The zero-order chi connectivity index (χ0) is 13.0. The molecule has 0 amide bonds. The SMILES string of the molecule is C=CCCCN1CCc2ccc(C(=O)O)cc2C1. The van der Waals surface area contributed by atoms with Gasteiger partial charge in [0.2, 0.25) is 0 Å². The number of hydrogen-bond donors (Lipinski definition) is 1. The van der Waals surface area contributed by atoms with Crippen LogP contribution in [0.1, 0.15) is 34.3 Å². The minimum Gasteiger partial charge on any atom is -0.478 e. The van der Waals surface area contributed by atoms with Crippen LogP contribution in [-0.4, -0.2) is 29.1 Å². The fourth-order valence-electron chi connectivity index (χ4n) is 2.40. The summed E-state index contributed by atoms with van der Waals surface area (Å²) in [5.74, 6) is -0.846. The molecule has 2 rings (SSSR count). The van der Waals surface area contributed by atoms with Crippen molar-refractivity contribution in [2.24, 2.45) is 0 Å². The molecule has 0 saturated carbocycles. The first-order valence-electron chi connectivity index (χ1n) is 6.39. The van der Waals surface area contributed by atoms with E-state index in [0.29, 0.717) is 5.56 Å². The van der Waals surface area contributed by atoms with E-state index in [1.165, 1.54) is 11.1 Å². The molecule has 0 bridgehead atoms. The van der Waals surface area contributed by atoms with Gasteiger partial charge in [-0.2, -0.15) is 0 Å². The predicted molar refractivity (Wildman–Crippen MR) is 71.8 cm³/mol. The fourth-order valence-corrected chi connectivity index (χ4v) is 2.40. The molecule has 0 atom stereocenters. The second kappa shape index (κ2) is 5.83. The number of hydrogen-bond acceptors (Lipinski definition) is 2. The third kappa shape index (κ3) is 2.99. The van der Waals surface area contributed by atoms with Gasteiger partial charge in [0.15, 0.2) is 0 Å². The maximum atomic E-state index is 11.0. The lowest BCUT2D eigenvalue weighted by Gasteiger charge is -2.28. The molecular formula is C15H19NO2. The summed E-state index contributed by atoms with van der Waals surface area (Å²) >= 11 is 0. The van der Waals surface area contributed by atoms with Gasteiger partial charge in [-0.1, -0.05) is 12.1 Å². The molecule has 3 nitrogen and oxygen atoms in total. The van der Waals surface area contributed by atoms with Crippen LogP contribution in [0.5, 0.6) is 0 Å². The summed E-state index contributed by atoms with van der Waals surface area (Å²) in [6.07, 6.45) is 5.12. The van der Waals surface area contributed by atoms with Crippen LogP contribution in [0.2, 0.25) is 0 Å². The summed E-state index contributed by atoms with van der Waals surface area (Å²) in [7, 11) is 0. The van der Waals surface area contributed by atoms with Gasteiger partial charge in [0.25, 0.3) is 0 Å². The average molecular weight is 245 g/mol. The topological polar surface area (TPSA) is 40.5 Å². The summed E-state index contributed by atoms with van der Waals surface area (Å²) in [6.45, 7) is 6.72. The van der Waals surface area contributed by atoms with Crippen molar-refractivity contribution in [1.82, 2.24) is 4.90 Å². The summed E-state index contributed by atoms with van der Waals surface area (Å²) in [5, 5.41) is 9.00. The lowest BCUT2D eigenvalue weighted by atomic mass is 9.97. The Morgan fingerprint density at radius 1 is 1.44 bits per heavy atom. The van der Waals surface area contributed by atoms with Gasteiger partial charge in [0.1, 0.15) is 0 Å². The Balaban J connectivity index is 2.04. The predicted octanol–water partition coefficient (Wildman–Crippen LogP) is 2.71. The van der Waals surface area contributed by atoms with Crippen LogP contribution in [0, 0.1) is 0 Å². The maximum absolute atomic E-state index is 11.0. The minimum atomic E-state index is -0.846. The number of fused-ring (bicyclic) bond motifs is 1. The fraction of sp³-hybridized carbons (Fsp3) is 0.400. The van der Waals surface area contributed by atoms with Crippen molar-refractivity contribution in [1.29, 1.82) is 0 Å². The summed E-state index contributed by atoms with van der Waals surface area (Å²) in [5.41, 5.74) is 2.85. The van der Waals surface area contributed by atoms with E-state index in [4.69, 9.17) is 5.11 Å². The molecule has 1 aliphatic heterocycles. The number of aromatic carboxylic acids is 1. The van der Waals surface area contributed by atoms with Crippen LogP contribution in [0.4, 0.5) is 0 Å². The van der Waals surface area contributed by atoms with E-state index in [9.17, 15) is 4.79 Å². The molecule has 1 N–H and O–H groups in total. The monoisotopic (exact) mass is 245 g/mol. The smallest absolute Gasteiger partial charge is 0.335 e. The van der Waals surface area contributed by atoms with Crippen molar-refractivity contribution in [2.75, 3.05) is 13.1 Å². The molecule has 0 radical (unpaired) electrons. The Hall–Kier alpha value is -1.61. The van der Waals surface area contributed by atoms with Gasteiger partial charge in [-0.05, 0) is 49.1 Å². The summed E-state index contributed by atoms with van der Waals surface area (Å²) in [6, 6.07) is 5.48. The van der Waals surface area contributed by atoms with Gasteiger partial charge in [0, 0.05) is 13.1 Å². The van der Waals surface area contributed by atoms with Crippen LogP contribution in [0.3, 0.4) is 0 Å². The van der Waals surface area contributed by atoms with Crippen LogP contribution in [-0.2, 0) is 13.0 Å². The molecule has 0 unspecified atom stereocenters. The van der Waals surface area contributed by atoms with Crippen molar-refractivity contribution in [3.63, 3.8) is 0 Å². The van der Waals surface area contributed by atoms with Crippen molar-refractivity contribution in [3.05, 3.63) is 47.5 Å². The molecule has 18 heavy (non-hydrogen) atoms. The Kier molecular flexibility index (Phi) is 4.15. The maximum Gasteiger partial charge on any atom is 0.335 e. The van der Waals surface area contributed by atoms with Gasteiger partial charge in [0.05, 0.1) is 5.56 Å². The quantitative estimate of drug-likeness (QED) is 0.640. The van der Waals surface area contributed by atoms with Crippen LogP contribution < -0.4 is 0 Å². The van der Waals surface area contributed by atoms with Gasteiger partial charge >= 0.3 is 5.97 Å². The van der Waals surface area contributed by atoms with Gasteiger partial charge < -0.3 is 5.11 Å². The van der Waals surface area contributed by atoms with Crippen molar-refractivity contribution in [3.8, 4) is 0 Å². The third-order valence-corrected chi connectivity index (χ3v) is 3.43. The third-order valence-electron chi connectivity index (χ3n) is 3.43. The molecular weight excluding hydrogens is 226 g/mol. The molecule has 0 aromatic heterocycles. The molecule has 1 aliphatic rings. The number of benzene rings is 1. The number of unbranched alkanes of at least 4 members (excludes halogenated alkanes) is 1. The van der Waals surface area contributed by atoms with Crippen LogP contribution in [0.25, 0.3) is 0 Å². The molecule has 96 valence electrons. The second-order valence-electron chi connectivity index (χ2n) is 4.75. The van der Waals surface area contributed by atoms with E-state index in [2.05, 4.69) is 11.5 Å². The highest BCUT2D eigenvalue weighted by atomic mass is 16.4. The van der Waals surface area contributed by atoms with E-state index in [1.807, 2.05) is 18.2 Å². The highest BCUT2D eigenvalue weighted by molar-refractivity contribution is 5.87. The first kappa shape index (κ1) is 12.8. The van der Waals surface area contributed by atoms with Crippen molar-refractivity contribution < 1.29 is 9.90 Å². The van der Waals surface area contributed by atoms with E-state index in [-0.39, 0.29) is 0 Å². The van der Waals surface area contributed by atoms with E-state index in [0.717, 1.165) is 38.9 Å². The minimum absolute atomic E-state index is 0.390. The summed E-state index contributed by atoms with van der Waals surface area (Å²) in [4.78, 5) is 13.3. The highest BCUT2D eigenvalue weighted by Crippen LogP contribution is 2.20. The Morgan fingerprint density at radius 3 is 3.00 bits per heavy atom. The second-order valence-corrected chi connectivity index (χ2v) is 4.75. The number of carboxylic acid groups (broad SMARTS) is 1. The van der Waals surface area contributed by atoms with Gasteiger partial charge in [-0.25, -0.2) is 4.79 Å². The Bertz CT molecular complexity index is 454. The van der Waals surface area contributed by atoms with Gasteiger partial charge in [-0.15, -0.1) is 6.58 Å². The van der Waals surface area contributed by atoms with Crippen molar-refractivity contribution >= 4 is 5.97 Å². The number of nitrogens with zero attached hydrogens (tertiary/aromatic N) is 1. The van der Waals surface area contributed by atoms with Gasteiger partial charge in [-0.3, -0.25) is 4.90 Å². The lowest BCUT2D eigenvalue weighted by Crippen LogP contribution is -2.31. The molecule has 3 heteroatoms. The normalized spacial score (nSPS) is 15.1. The number of rotatable bonds is 5. The molecule has 0 aliphatic carbocycles. The Labute approximate surface area is 108 Å². The lowest BCUT2D eigenvalue weighted by molar-refractivity contribution is 0.0696. The molecule has 0 spiro atoms. The van der Waals surface area contributed by atoms with E-state index >= 15 is 0 Å². The zero-order valence-corrected chi connectivity index (χ0v) is 10.6. The van der Waals surface area contributed by atoms with Crippen LogP contribution in [0.15, 0.2) is 30.9 Å². The largest absolute Gasteiger partial charge is 0.478 e. The average Bonchev–Trinajstić information content (AvgIpc) is 2.38. The first-order chi connectivity index (χ1) is 8.70. The molecule has 1 heterocycles. The van der Waals surface area contributed by atoms with Crippen LogP contribution >= 0.6 is 0 Å². The number of allylic oxidation sites excluding steroid dienone is 1. The number of carboxylic acids is 1. The van der Waals surface area contributed by atoms with E-state index < -0.39 is 5.97 Å². The molecule has 0 fully saturated rings. The van der Waals surface area contributed by atoms with E-state index in [1.54, 1.807) is 6.07 Å². The summed E-state index contributed by atoms with van der Waals surface area (Å²) < 4.78 is 0. The standard InChI is InChI=1S/C15H19NO2/c1-2-3-4-8-16-9-7-12-5-6-13(15(17)18)10-14(12)11-16/h2,5-6,10H,1,3-4,7-9,11H2,(H,17,18). The van der Waals surface area contributed by atoms with Crippen molar-refractivity contribution in [2.45, 2.75) is 25.8 Å². The Morgan fingerprint density at radius 2 is 2.28 bits per heavy atom. The molecule has 0 saturated heterocycles. The molecule has 1 aromatic carbocycles.